The van der Waals surface area contributed by atoms with Crippen LogP contribution in [-0.4, -0.2) is 136 Å². The van der Waals surface area contributed by atoms with Gasteiger partial charge in [-0.05, 0) is 82.2 Å². The van der Waals surface area contributed by atoms with Gasteiger partial charge in [-0.2, -0.15) is 13.2 Å². The summed E-state index contributed by atoms with van der Waals surface area (Å²) >= 11 is 0. The molecule has 2 fully saturated rings. The number of piperidine rings is 1. The summed E-state index contributed by atoms with van der Waals surface area (Å²) in [6, 6.07) is 1.65. The zero-order valence-electron chi connectivity index (χ0n) is 36.5. The van der Waals surface area contributed by atoms with E-state index in [9.17, 15) is 45.6 Å². The first kappa shape index (κ1) is 50.5. The van der Waals surface area contributed by atoms with Crippen molar-refractivity contribution >= 4 is 45.2 Å². The molecule has 19 heteroatoms. The highest BCUT2D eigenvalue weighted by atomic mass is 32.2. The van der Waals surface area contributed by atoms with Gasteiger partial charge in [-0.25, -0.2) is 13.1 Å². The summed E-state index contributed by atoms with van der Waals surface area (Å²) < 4.78 is 77.8. The van der Waals surface area contributed by atoms with Gasteiger partial charge < -0.3 is 29.9 Å². The third-order valence-corrected chi connectivity index (χ3v) is 13.3. The van der Waals surface area contributed by atoms with E-state index in [1.807, 2.05) is 32.4 Å². The topological polar surface area (TPSA) is 184 Å². The van der Waals surface area contributed by atoms with Crippen LogP contribution in [0.15, 0.2) is 29.2 Å². The lowest BCUT2D eigenvalue weighted by Crippen LogP contribution is -2.60. The van der Waals surface area contributed by atoms with E-state index in [4.69, 9.17) is 9.47 Å². The molecule has 2 heterocycles. The molecular weight excluding hydrogens is 810 g/mol. The molecule has 0 aromatic heterocycles. The van der Waals surface area contributed by atoms with E-state index in [1.165, 1.54) is 21.1 Å². The van der Waals surface area contributed by atoms with E-state index < -0.39 is 69.2 Å². The van der Waals surface area contributed by atoms with Gasteiger partial charge in [0.25, 0.3) is 10.0 Å². The number of nitrogens with zero attached hydrogens (tertiary/aromatic N) is 3. The predicted molar refractivity (Wildman–Crippen MR) is 219 cm³/mol. The lowest BCUT2D eigenvalue weighted by Gasteiger charge is -2.41. The van der Waals surface area contributed by atoms with Crippen LogP contribution in [0.1, 0.15) is 93.4 Å². The number of carbonyl (C=O) groups excluding carboxylic acids is 5. The maximum absolute atomic E-state index is 14.3. The van der Waals surface area contributed by atoms with E-state index in [-0.39, 0.29) is 53.7 Å². The van der Waals surface area contributed by atoms with Gasteiger partial charge in [-0.15, -0.1) is 0 Å². The van der Waals surface area contributed by atoms with Gasteiger partial charge in [0.05, 0.1) is 47.6 Å². The monoisotopic (exact) mass is 874 g/mol. The molecule has 60 heavy (non-hydrogen) atoms. The molecule has 1 aromatic carbocycles. The van der Waals surface area contributed by atoms with Crippen molar-refractivity contribution in [3.05, 3.63) is 24.3 Å². The number of benzene rings is 1. The molecule has 2 saturated heterocycles. The van der Waals surface area contributed by atoms with Crippen LogP contribution in [0, 0.1) is 17.8 Å². The average Bonchev–Trinajstić information content (AvgIpc) is 3.68. The quantitative estimate of drug-likeness (QED) is 0.181. The summed E-state index contributed by atoms with van der Waals surface area (Å²) in [7, 11) is 0.00631. The number of ether oxygens (including phenoxy) is 2. The normalized spacial score (nSPS) is 20.8. The highest BCUT2D eigenvalue weighted by Crippen LogP contribution is 2.30. The van der Waals surface area contributed by atoms with Crippen molar-refractivity contribution < 1.29 is 55.0 Å². The Labute approximate surface area is 352 Å². The van der Waals surface area contributed by atoms with E-state index >= 15 is 0 Å². The number of anilines is 1. The van der Waals surface area contributed by atoms with Gasteiger partial charge in [0.2, 0.25) is 23.6 Å². The SMILES string of the molecule is CC[C@H](C)[C@@H]([C@H](CC(=O)N1CCC[C@H]1[C@H](OC)[C@@H](C)C(=O)NS(=O)(=O)c1ccc(NC(=O)C(F)(F)F)cc1)OC)N(C)C(=O)[C@@H](NC(=O)[C@H]1CCCCN1C(C)C)C(C)C. The third kappa shape index (κ3) is 12.6. The summed E-state index contributed by atoms with van der Waals surface area (Å²) in [5, 5.41) is 4.69. The number of nitrogens with one attached hydrogen (secondary N) is 3. The molecule has 0 aliphatic carbocycles. The standard InChI is InChI=1S/C41H65F3N6O9S/c1-11-26(6)35(48(8)39(54)34(24(2)3)46-38(53)31-15-12-13-21-49(31)25(4)5)32(58-9)23-33(51)50-22-14-16-30(50)36(59-10)27(7)37(52)47-60(56,57)29-19-17-28(18-20-29)45-40(55)41(42,43)44/h17-20,24-27,30-32,34-36H,11-16,21-23H2,1-10H3,(H,45,55)(H,46,53)(H,47,52)/t26-,27+,30-,31+,32-,34-,35-,36+/m0/s1. The number of alkyl halides is 3. The zero-order chi connectivity index (χ0) is 45.3. The molecular formula is C41H65F3N6O9S. The summed E-state index contributed by atoms with van der Waals surface area (Å²) in [5.41, 5.74) is -0.303. The molecule has 2 aliphatic rings. The van der Waals surface area contributed by atoms with Crippen molar-refractivity contribution in [1.82, 2.24) is 24.7 Å². The maximum atomic E-state index is 14.3. The molecule has 0 spiro atoms. The van der Waals surface area contributed by atoms with Gasteiger partial charge in [0, 0.05) is 39.5 Å². The van der Waals surface area contributed by atoms with Crippen LogP contribution < -0.4 is 15.4 Å². The molecule has 1 aromatic rings. The number of hydrogen-bond acceptors (Lipinski definition) is 10. The van der Waals surface area contributed by atoms with Crippen LogP contribution in [0.5, 0.6) is 0 Å². The fraction of sp³-hybridized carbons (Fsp3) is 0.732. The fourth-order valence-corrected chi connectivity index (χ4v) is 9.41. The molecule has 3 N–H and O–H groups in total. The van der Waals surface area contributed by atoms with Gasteiger partial charge in [0.1, 0.15) is 6.04 Å². The molecule has 15 nitrogen and oxygen atoms in total. The molecule has 2 aliphatic heterocycles. The van der Waals surface area contributed by atoms with Crippen molar-refractivity contribution in [2.75, 3.05) is 39.7 Å². The van der Waals surface area contributed by atoms with Crippen molar-refractivity contribution in [3.63, 3.8) is 0 Å². The predicted octanol–water partition coefficient (Wildman–Crippen LogP) is 4.32. The number of likely N-dealkylation sites (tertiary alicyclic amines) is 2. The van der Waals surface area contributed by atoms with E-state index in [0.29, 0.717) is 32.2 Å². The highest BCUT2D eigenvalue weighted by Gasteiger charge is 2.44. The Bertz CT molecular complexity index is 1750. The molecule has 340 valence electrons. The van der Waals surface area contributed by atoms with Crippen LogP contribution in [0.25, 0.3) is 0 Å². The van der Waals surface area contributed by atoms with Crippen molar-refractivity contribution in [3.8, 4) is 0 Å². The molecule has 0 bridgehead atoms. The first-order valence-corrected chi connectivity index (χ1v) is 22.2. The zero-order valence-corrected chi connectivity index (χ0v) is 37.3. The van der Waals surface area contributed by atoms with Crippen molar-refractivity contribution in [2.24, 2.45) is 17.8 Å². The lowest BCUT2D eigenvalue weighted by atomic mass is 9.89. The van der Waals surface area contributed by atoms with Gasteiger partial charge in [0.15, 0.2) is 0 Å². The summed E-state index contributed by atoms with van der Waals surface area (Å²) in [4.78, 5) is 71.8. The van der Waals surface area contributed by atoms with Gasteiger partial charge in [-0.1, -0.05) is 47.5 Å². The second kappa shape index (κ2) is 21.8. The second-order valence-electron chi connectivity index (χ2n) is 16.6. The van der Waals surface area contributed by atoms with Crippen LogP contribution in [0.3, 0.4) is 0 Å². The highest BCUT2D eigenvalue weighted by molar-refractivity contribution is 7.90. The fourth-order valence-electron chi connectivity index (χ4n) is 8.35. The lowest BCUT2D eigenvalue weighted by molar-refractivity contribution is -0.167. The van der Waals surface area contributed by atoms with Crippen molar-refractivity contribution in [2.45, 2.75) is 147 Å². The Kier molecular flexibility index (Phi) is 18.4. The van der Waals surface area contributed by atoms with Crippen molar-refractivity contribution in [1.29, 1.82) is 0 Å². The van der Waals surface area contributed by atoms with E-state index in [2.05, 4.69) is 24.1 Å². The Hall–Kier alpha value is -3.81. The molecule has 3 rings (SSSR count). The Morgan fingerprint density at radius 2 is 1.55 bits per heavy atom. The largest absolute Gasteiger partial charge is 0.471 e. The second-order valence-corrected chi connectivity index (χ2v) is 18.3. The van der Waals surface area contributed by atoms with Crippen LogP contribution in [0.2, 0.25) is 0 Å². The van der Waals surface area contributed by atoms with Gasteiger partial charge >= 0.3 is 12.1 Å². The number of halogens is 3. The van der Waals surface area contributed by atoms with Crippen LogP contribution in [-0.2, 0) is 43.5 Å². The smallest absolute Gasteiger partial charge is 0.379 e. The van der Waals surface area contributed by atoms with Gasteiger partial charge in [-0.3, -0.25) is 28.9 Å². The minimum atomic E-state index is -5.14. The van der Waals surface area contributed by atoms with E-state index in [1.54, 1.807) is 22.2 Å². The average molecular weight is 875 g/mol. The van der Waals surface area contributed by atoms with Crippen LogP contribution >= 0.6 is 0 Å². The number of likely N-dealkylation sites (N-methyl/N-ethyl adjacent to an activating group) is 1. The molecule has 0 radical (unpaired) electrons. The number of sulfonamides is 1. The number of rotatable bonds is 19. The minimum Gasteiger partial charge on any atom is -0.379 e. The Balaban J connectivity index is 1.76. The summed E-state index contributed by atoms with van der Waals surface area (Å²) in [6.07, 6.45) is -2.60. The number of methoxy groups -OCH3 is 2. The molecule has 8 atom stereocenters. The van der Waals surface area contributed by atoms with Crippen LogP contribution in [0.4, 0.5) is 18.9 Å². The third-order valence-electron chi connectivity index (χ3n) is 11.9. The first-order chi connectivity index (χ1) is 28.0. The Morgan fingerprint density at radius 3 is 2.08 bits per heavy atom. The first-order valence-electron chi connectivity index (χ1n) is 20.7. The maximum Gasteiger partial charge on any atom is 0.471 e. The molecule has 5 amide bonds. The molecule has 0 saturated carbocycles. The number of amides is 5. The minimum absolute atomic E-state index is 0.114. The Morgan fingerprint density at radius 1 is 0.917 bits per heavy atom. The number of hydrogen-bond donors (Lipinski definition) is 3. The van der Waals surface area contributed by atoms with E-state index in [0.717, 1.165) is 43.7 Å². The number of carbonyl (C=O) groups is 5. The summed E-state index contributed by atoms with van der Waals surface area (Å²) in [5.74, 6) is -5.37. The summed E-state index contributed by atoms with van der Waals surface area (Å²) in [6.45, 7) is 14.5. The molecule has 0 unspecified atom stereocenters.